The first kappa shape index (κ1) is 16.4. The van der Waals surface area contributed by atoms with Crippen LogP contribution in [0.1, 0.15) is 68.6 Å². The Bertz CT molecular complexity index is 508. The fourth-order valence-corrected chi connectivity index (χ4v) is 8.10. The molecule has 0 amide bonds. The molecule has 3 heteroatoms. The van der Waals surface area contributed by atoms with Gasteiger partial charge in [-0.05, 0) is 98.9 Å². The summed E-state index contributed by atoms with van der Waals surface area (Å²) in [5.41, 5.74) is 0.671. The highest BCUT2D eigenvalue weighted by molar-refractivity contribution is 7.10. The lowest BCUT2D eigenvalue weighted by molar-refractivity contribution is -0.0806. The lowest BCUT2D eigenvalue weighted by Crippen LogP contribution is -2.51. The molecule has 0 aromatic carbocycles. The molecule has 4 bridgehead atoms. The zero-order valence-electron chi connectivity index (χ0n) is 14.0. The van der Waals surface area contributed by atoms with Crippen LogP contribution in [0.15, 0.2) is 17.5 Å². The lowest BCUT2D eigenvalue weighted by atomic mass is 9.44. The van der Waals surface area contributed by atoms with Crippen LogP contribution in [0.25, 0.3) is 0 Å². The van der Waals surface area contributed by atoms with Crippen LogP contribution in [0.3, 0.4) is 0 Å². The van der Waals surface area contributed by atoms with Crippen LogP contribution in [0.4, 0.5) is 0 Å². The molecule has 1 nitrogen and oxygen atoms in total. The van der Waals surface area contributed by atoms with E-state index in [4.69, 9.17) is 0 Å². The molecule has 6 rings (SSSR count). The van der Waals surface area contributed by atoms with Crippen molar-refractivity contribution in [2.45, 2.75) is 69.7 Å². The zero-order valence-corrected chi connectivity index (χ0v) is 15.6. The first-order chi connectivity index (χ1) is 10.8. The van der Waals surface area contributed by atoms with Gasteiger partial charge < -0.3 is 5.32 Å². The van der Waals surface area contributed by atoms with Gasteiger partial charge in [-0.1, -0.05) is 6.07 Å². The van der Waals surface area contributed by atoms with Gasteiger partial charge >= 0.3 is 0 Å². The summed E-state index contributed by atoms with van der Waals surface area (Å²) in [6, 6.07) is 5.57. The van der Waals surface area contributed by atoms with E-state index >= 15 is 0 Å². The van der Waals surface area contributed by atoms with Crippen molar-refractivity contribution in [2.75, 3.05) is 6.54 Å². The third kappa shape index (κ3) is 2.79. The molecule has 4 atom stereocenters. The Morgan fingerprint density at radius 2 is 2.00 bits per heavy atom. The number of thiophene rings is 1. The van der Waals surface area contributed by atoms with E-state index in [1.807, 2.05) is 11.3 Å². The number of rotatable bonds is 4. The second-order valence-corrected chi connectivity index (χ2v) is 9.77. The summed E-state index contributed by atoms with van der Waals surface area (Å²) < 4.78 is 0. The highest BCUT2D eigenvalue weighted by Crippen LogP contribution is 2.68. The first-order valence-electron chi connectivity index (χ1n) is 9.59. The molecule has 1 saturated heterocycles. The van der Waals surface area contributed by atoms with Crippen LogP contribution < -0.4 is 5.32 Å². The Hall–Kier alpha value is -0.0500. The van der Waals surface area contributed by atoms with Crippen molar-refractivity contribution in [3.8, 4) is 0 Å². The van der Waals surface area contributed by atoms with Gasteiger partial charge in [0.1, 0.15) is 0 Å². The van der Waals surface area contributed by atoms with Crippen molar-refractivity contribution in [2.24, 2.45) is 23.2 Å². The van der Waals surface area contributed by atoms with Gasteiger partial charge in [0.25, 0.3) is 0 Å². The van der Waals surface area contributed by atoms with E-state index in [-0.39, 0.29) is 12.4 Å². The van der Waals surface area contributed by atoms with Crippen LogP contribution in [0, 0.1) is 23.2 Å². The Morgan fingerprint density at radius 3 is 2.65 bits per heavy atom. The van der Waals surface area contributed by atoms with Gasteiger partial charge in [-0.15, -0.1) is 23.7 Å². The summed E-state index contributed by atoms with van der Waals surface area (Å²) in [5, 5.41) is 6.05. The van der Waals surface area contributed by atoms with Gasteiger partial charge in [-0.25, -0.2) is 0 Å². The Kier molecular flexibility index (Phi) is 4.53. The van der Waals surface area contributed by atoms with Gasteiger partial charge in [-0.3, -0.25) is 0 Å². The first-order valence-corrected chi connectivity index (χ1v) is 10.5. The molecule has 4 unspecified atom stereocenters. The maximum atomic E-state index is 3.74. The monoisotopic (exact) mass is 351 g/mol. The fourth-order valence-electron chi connectivity index (χ4n) is 7.04. The second-order valence-electron chi connectivity index (χ2n) is 8.79. The molecule has 1 aromatic heterocycles. The van der Waals surface area contributed by atoms with Gasteiger partial charge in [0, 0.05) is 16.8 Å². The van der Waals surface area contributed by atoms with Crippen molar-refractivity contribution in [1.29, 1.82) is 0 Å². The van der Waals surface area contributed by atoms with Crippen molar-refractivity contribution in [1.82, 2.24) is 5.32 Å². The number of nitrogens with one attached hydrogen (secondary N) is 1. The Labute approximate surface area is 151 Å². The summed E-state index contributed by atoms with van der Waals surface area (Å²) >= 11 is 2.04. The van der Waals surface area contributed by atoms with E-state index in [2.05, 4.69) is 22.8 Å². The predicted molar refractivity (Wildman–Crippen MR) is 101 cm³/mol. The third-order valence-corrected chi connectivity index (χ3v) is 8.42. The van der Waals surface area contributed by atoms with Crippen molar-refractivity contribution >= 4 is 23.7 Å². The number of hydrogen-bond acceptors (Lipinski definition) is 2. The van der Waals surface area contributed by atoms with Crippen LogP contribution in [0.2, 0.25) is 0 Å². The molecule has 0 radical (unpaired) electrons. The summed E-state index contributed by atoms with van der Waals surface area (Å²) in [4.78, 5) is 1.73. The Morgan fingerprint density at radius 1 is 1.17 bits per heavy atom. The van der Waals surface area contributed by atoms with Crippen molar-refractivity contribution < 1.29 is 0 Å². The topological polar surface area (TPSA) is 12.0 Å². The maximum absolute atomic E-state index is 3.74. The van der Waals surface area contributed by atoms with E-state index < -0.39 is 0 Å². The summed E-state index contributed by atoms with van der Waals surface area (Å²) in [6.07, 6.45) is 13.5. The van der Waals surface area contributed by atoms with Crippen molar-refractivity contribution in [3.05, 3.63) is 22.4 Å². The molecule has 23 heavy (non-hydrogen) atoms. The fraction of sp³-hybridized carbons (Fsp3) is 0.800. The molecular formula is C20H30ClNS. The zero-order chi connectivity index (χ0) is 14.6. The maximum Gasteiger partial charge on any atom is 0.00844 e. The Balaban J connectivity index is 0.00000135. The van der Waals surface area contributed by atoms with Gasteiger partial charge in [0.05, 0.1) is 0 Å². The molecule has 2 heterocycles. The SMILES string of the molecule is Cl.c1csc(C2C3CC4CC(C3)CC2(CCC2CCCN2)C4)c1. The summed E-state index contributed by atoms with van der Waals surface area (Å²) in [6.45, 7) is 1.26. The second kappa shape index (κ2) is 6.35. The normalized spacial score (nSPS) is 44.4. The van der Waals surface area contributed by atoms with Gasteiger partial charge in [0.2, 0.25) is 0 Å². The molecule has 4 aliphatic carbocycles. The van der Waals surface area contributed by atoms with Crippen LogP contribution in [-0.2, 0) is 0 Å². The smallest absolute Gasteiger partial charge is 0.00844 e. The molecule has 1 aliphatic heterocycles. The third-order valence-electron chi connectivity index (χ3n) is 7.46. The predicted octanol–water partition coefficient (Wildman–Crippen LogP) is 5.61. The highest BCUT2D eigenvalue weighted by Gasteiger charge is 2.57. The quantitative estimate of drug-likeness (QED) is 0.743. The molecule has 0 spiro atoms. The number of halogens is 1. The number of hydrogen-bond donors (Lipinski definition) is 1. The lowest BCUT2D eigenvalue weighted by Gasteiger charge is -2.61. The standard InChI is InChI=1S/C20H29NS.ClH/c1-3-17(21-7-1)5-6-20-12-14-9-15(13-20)11-16(10-14)19(20)18-4-2-8-22-18;/h2,4,8,14-17,19,21H,1,3,5-7,9-13H2;1H. The highest BCUT2D eigenvalue weighted by atomic mass is 35.5. The van der Waals surface area contributed by atoms with E-state index in [1.165, 1.54) is 32.2 Å². The van der Waals surface area contributed by atoms with E-state index in [1.54, 1.807) is 37.0 Å². The van der Waals surface area contributed by atoms with E-state index in [0.29, 0.717) is 5.41 Å². The van der Waals surface area contributed by atoms with Gasteiger partial charge in [0.15, 0.2) is 0 Å². The van der Waals surface area contributed by atoms with Crippen LogP contribution >= 0.6 is 23.7 Å². The molecule has 5 fully saturated rings. The largest absolute Gasteiger partial charge is 0.314 e. The molecule has 128 valence electrons. The minimum Gasteiger partial charge on any atom is -0.314 e. The summed E-state index contributed by atoms with van der Waals surface area (Å²) in [7, 11) is 0. The summed E-state index contributed by atoms with van der Waals surface area (Å²) in [5.74, 6) is 4.07. The molecular weight excluding hydrogens is 322 g/mol. The van der Waals surface area contributed by atoms with Gasteiger partial charge in [-0.2, -0.15) is 0 Å². The molecule has 1 aromatic rings. The average Bonchev–Trinajstić information content (AvgIpc) is 3.18. The van der Waals surface area contributed by atoms with Crippen LogP contribution in [-0.4, -0.2) is 12.6 Å². The average molecular weight is 352 g/mol. The molecule has 5 aliphatic rings. The van der Waals surface area contributed by atoms with E-state index in [0.717, 1.165) is 29.7 Å². The van der Waals surface area contributed by atoms with Crippen LogP contribution in [0.5, 0.6) is 0 Å². The minimum absolute atomic E-state index is 0. The molecule has 4 saturated carbocycles. The molecule has 1 N–H and O–H groups in total. The minimum atomic E-state index is 0. The van der Waals surface area contributed by atoms with E-state index in [9.17, 15) is 0 Å². The van der Waals surface area contributed by atoms with Crippen molar-refractivity contribution in [3.63, 3.8) is 0 Å².